The topological polar surface area (TPSA) is 110 Å². The molecular formula is C23H27N5O4S. The van der Waals surface area contributed by atoms with Crippen LogP contribution in [-0.4, -0.2) is 66.3 Å². The molecule has 2 aromatic heterocycles. The van der Waals surface area contributed by atoms with Gasteiger partial charge in [0, 0.05) is 50.3 Å². The molecule has 0 N–H and O–H groups in total. The van der Waals surface area contributed by atoms with Gasteiger partial charge in [-0.1, -0.05) is 37.2 Å². The molecule has 9 nitrogen and oxygen atoms in total. The smallest absolute Gasteiger partial charge is 0.229 e. The van der Waals surface area contributed by atoms with Crippen molar-refractivity contribution < 1.29 is 17.7 Å². The highest BCUT2D eigenvalue weighted by atomic mass is 32.2. The maximum Gasteiger partial charge on any atom is 0.229 e. The Morgan fingerprint density at radius 3 is 2.39 bits per heavy atom. The van der Waals surface area contributed by atoms with Crippen LogP contribution in [0.15, 0.2) is 58.1 Å². The number of hydrogen-bond donors (Lipinski definition) is 0. The first-order valence-electron chi connectivity index (χ1n) is 10.9. The second kappa shape index (κ2) is 9.70. The zero-order valence-electron chi connectivity index (χ0n) is 18.7. The van der Waals surface area contributed by atoms with E-state index >= 15 is 0 Å². The number of sulfone groups is 1. The number of piperazine rings is 1. The third kappa shape index (κ3) is 5.39. The van der Waals surface area contributed by atoms with Crippen molar-refractivity contribution in [2.45, 2.75) is 31.1 Å². The summed E-state index contributed by atoms with van der Waals surface area (Å²) in [6.07, 6.45) is 1.70. The highest BCUT2D eigenvalue weighted by molar-refractivity contribution is 7.91. The van der Waals surface area contributed by atoms with Crippen LogP contribution in [0.2, 0.25) is 0 Å². The van der Waals surface area contributed by atoms with Gasteiger partial charge < -0.3 is 14.3 Å². The molecule has 1 amide bonds. The average Bonchev–Trinajstić information content (AvgIpc) is 3.34. The SMILES string of the molecule is CC(C)c1nc(-c2ccc(N3CCN(C(=O)CCS(=O)(=O)c4ccccc4)CC3)nc2)no1. The van der Waals surface area contributed by atoms with Gasteiger partial charge in [-0.2, -0.15) is 4.98 Å². The summed E-state index contributed by atoms with van der Waals surface area (Å²) in [6, 6.07) is 12.0. The molecule has 0 unspecified atom stereocenters. The van der Waals surface area contributed by atoms with Crippen molar-refractivity contribution in [1.82, 2.24) is 20.0 Å². The Balaban J connectivity index is 1.30. The molecular weight excluding hydrogens is 442 g/mol. The lowest BCUT2D eigenvalue weighted by Crippen LogP contribution is -2.49. The lowest BCUT2D eigenvalue weighted by atomic mass is 10.2. The molecule has 10 heteroatoms. The summed E-state index contributed by atoms with van der Waals surface area (Å²) in [4.78, 5) is 25.6. The summed E-state index contributed by atoms with van der Waals surface area (Å²) in [5.74, 6) is 1.75. The molecule has 1 aliphatic rings. The lowest BCUT2D eigenvalue weighted by molar-refractivity contribution is -0.131. The first-order chi connectivity index (χ1) is 15.8. The van der Waals surface area contributed by atoms with Gasteiger partial charge in [-0.15, -0.1) is 0 Å². The number of nitrogens with zero attached hydrogens (tertiary/aromatic N) is 5. The van der Waals surface area contributed by atoms with Crippen molar-refractivity contribution in [1.29, 1.82) is 0 Å². The fourth-order valence-electron chi connectivity index (χ4n) is 3.60. The van der Waals surface area contributed by atoms with E-state index in [1.54, 1.807) is 41.4 Å². The molecule has 0 bridgehead atoms. The fourth-order valence-corrected chi connectivity index (χ4v) is 4.85. The first kappa shape index (κ1) is 22.9. The maximum absolute atomic E-state index is 12.6. The highest BCUT2D eigenvalue weighted by Gasteiger charge is 2.24. The summed E-state index contributed by atoms with van der Waals surface area (Å²) in [6.45, 7) is 6.29. The molecule has 1 saturated heterocycles. The van der Waals surface area contributed by atoms with Gasteiger partial charge in [0.2, 0.25) is 17.6 Å². The third-order valence-corrected chi connectivity index (χ3v) is 7.32. The van der Waals surface area contributed by atoms with Crippen molar-refractivity contribution in [3.63, 3.8) is 0 Å². The molecule has 0 atom stereocenters. The van der Waals surface area contributed by atoms with E-state index in [-0.39, 0.29) is 28.9 Å². The summed E-state index contributed by atoms with van der Waals surface area (Å²) < 4.78 is 30.1. The van der Waals surface area contributed by atoms with E-state index in [1.165, 1.54) is 0 Å². The number of anilines is 1. The summed E-state index contributed by atoms with van der Waals surface area (Å²) >= 11 is 0. The van der Waals surface area contributed by atoms with Crippen LogP contribution < -0.4 is 4.90 Å². The number of amides is 1. The van der Waals surface area contributed by atoms with Crippen LogP contribution in [0.25, 0.3) is 11.4 Å². The molecule has 0 spiro atoms. The van der Waals surface area contributed by atoms with E-state index in [9.17, 15) is 13.2 Å². The molecule has 4 rings (SSSR count). The zero-order valence-corrected chi connectivity index (χ0v) is 19.5. The molecule has 1 fully saturated rings. The van der Waals surface area contributed by atoms with Gasteiger partial charge >= 0.3 is 0 Å². The van der Waals surface area contributed by atoms with Gasteiger partial charge in [-0.05, 0) is 24.3 Å². The van der Waals surface area contributed by atoms with Gasteiger partial charge in [0.15, 0.2) is 9.84 Å². The van der Waals surface area contributed by atoms with Crippen molar-refractivity contribution in [2.24, 2.45) is 0 Å². The number of carbonyl (C=O) groups excluding carboxylic acids is 1. The lowest BCUT2D eigenvalue weighted by Gasteiger charge is -2.35. The fraction of sp³-hybridized carbons (Fsp3) is 0.391. The van der Waals surface area contributed by atoms with Crippen LogP contribution >= 0.6 is 0 Å². The van der Waals surface area contributed by atoms with E-state index in [0.29, 0.717) is 37.9 Å². The van der Waals surface area contributed by atoms with Crippen LogP contribution in [0.5, 0.6) is 0 Å². The number of benzene rings is 1. The van der Waals surface area contributed by atoms with Crippen LogP contribution in [0.1, 0.15) is 32.1 Å². The second-order valence-electron chi connectivity index (χ2n) is 8.27. The molecule has 0 aliphatic carbocycles. The average molecular weight is 470 g/mol. The molecule has 1 aromatic carbocycles. The van der Waals surface area contributed by atoms with Crippen LogP contribution in [-0.2, 0) is 14.6 Å². The number of rotatable bonds is 7. The Kier molecular flexibility index (Phi) is 6.73. The minimum absolute atomic E-state index is 0.0206. The maximum atomic E-state index is 12.6. The summed E-state index contributed by atoms with van der Waals surface area (Å²) in [5, 5.41) is 4.01. The van der Waals surface area contributed by atoms with Gasteiger partial charge in [0.1, 0.15) is 5.82 Å². The minimum Gasteiger partial charge on any atom is -0.353 e. The Morgan fingerprint density at radius 1 is 1.06 bits per heavy atom. The predicted octanol–water partition coefficient (Wildman–Crippen LogP) is 2.77. The second-order valence-corrected chi connectivity index (χ2v) is 10.4. The quantitative estimate of drug-likeness (QED) is 0.520. The van der Waals surface area contributed by atoms with Gasteiger partial charge in [-0.3, -0.25) is 4.79 Å². The Morgan fingerprint density at radius 2 is 1.79 bits per heavy atom. The van der Waals surface area contributed by atoms with Crippen molar-refractivity contribution >= 4 is 21.6 Å². The zero-order chi connectivity index (χ0) is 23.4. The highest BCUT2D eigenvalue weighted by Crippen LogP contribution is 2.22. The molecule has 0 saturated carbocycles. The predicted molar refractivity (Wildman–Crippen MR) is 124 cm³/mol. The summed E-state index contributed by atoms with van der Waals surface area (Å²) in [7, 11) is -3.46. The van der Waals surface area contributed by atoms with E-state index in [1.807, 2.05) is 26.0 Å². The van der Waals surface area contributed by atoms with Gasteiger partial charge in [0.05, 0.1) is 10.6 Å². The number of carbonyl (C=O) groups is 1. The van der Waals surface area contributed by atoms with Gasteiger partial charge in [-0.25, -0.2) is 13.4 Å². The van der Waals surface area contributed by atoms with Crippen LogP contribution in [0, 0.1) is 0 Å². The van der Waals surface area contributed by atoms with Crippen molar-refractivity contribution in [3.05, 3.63) is 54.6 Å². The van der Waals surface area contributed by atoms with Crippen LogP contribution in [0.4, 0.5) is 5.82 Å². The largest absolute Gasteiger partial charge is 0.353 e. The van der Waals surface area contributed by atoms with E-state index in [0.717, 1.165) is 11.4 Å². The molecule has 0 radical (unpaired) electrons. The Bertz CT molecular complexity index is 1190. The van der Waals surface area contributed by atoms with E-state index in [2.05, 4.69) is 20.0 Å². The third-order valence-electron chi connectivity index (χ3n) is 5.59. The standard InChI is InChI=1S/C23H27N5O4S/c1-17(2)23-25-22(26-32-23)18-8-9-20(24-16-18)27-11-13-28(14-12-27)21(29)10-15-33(30,31)19-6-4-3-5-7-19/h3-9,16-17H,10-15H2,1-2H3. The number of aromatic nitrogens is 3. The Labute approximate surface area is 193 Å². The van der Waals surface area contributed by atoms with Crippen LogP contribution in [0.3, 0.4) is 0 Å². The molecule has 1 aliphatic heterocycles. The van der Waals surface area contributed by atoms with Crippen molar-refractivity contribution in [3.8, 4) is 11.4 Å². The molecule has 174 valence electrons. The number of pyridine rings is 1. The summed E-state index contributed by atoms with van der Waals surface area (Å²) in [5.41, 5.74) is 0.780. The monoisotopic (exact) mass is 469 g/mol. The number of hydrogen-bond acceptors (Lipinski definition) is 8. The Hall–Kier alpha value is -3.27. The van der Waals surface area contributed by atoms with E-state index < -0.39 is 9.84 Å². The minimum atomic E-state index is -3.46. The normalized spacial score (nSPS) is 14.6. The first-order valence-corrected chi connectivity index (χ1v) is 12.6. The molecule has 3 aromatic rings. The molecule has 3 heterocycles. The van der Waals surface area contributed by atoms with Crippen molar-refractivity contribution in [2.75, 3.05) is 36.8 Å². The van der Waals surface area contributed by atoms with Gasteiger partial charge in [0.25, 0.3) is 0 Å². The van der Waals surface area contributed by atoms with E-state index in [4.69, 9.17) is 4.52 Å². The molecule has 33 heavy (non-hydrogen) atoms.